The number of benzene rings is 2. The lowest BCUT2D eigenvalue weighted by Gasteiger charge is -2.21. The number of imidazole rings is 1. The Morgan fingerprint density at radius 2 is 1.70 bits per heavy atom. The Morgan fingerprint density at radius 1 is 0.939 bits per heavy atom. The zero-order valence-electron chi connectivity index (χ0n) is 18.9. The van der Waals surface area contributed by atoms with Crippen LogP contribution in [0.25, 0.3) is 27.8 Å². The summed E-state index contributed by atoms with van der Waals surface area (Å²) in [5.41, 5.74) is 10.9. The average Bonchev–Trinajstić information content (AvgIpc) is 3.22. The van der Waals surface area contributed by atoms with E-state index in [1.807, 2.05) is 75.3 Å². The molecule has 2 N–H and O–H groups in total. The van der Waals surface area contributed by atoms with Crippen molar-refractivity contribution >= 4 is 28.0 Å². The Morgan fingerprint density at radius 3 is 2.45 bits per heavy atom. The van der Waals surface area contributed by atoms with E-state index in [2.05, 4.69) is 15.0 Å². The van der Waals surface area contributed by atoms with E-state index in [1.165, 1.54) is 0 Å². The van der Waals surface area contributed by atoms with Crippen LogP contribution in [0.2, 0.25) is 0 Å². The van der Waals surface area contributed by atoms with Gasteiger partial charge in [0.05, 0.1) is 29.1 Å². The van der Waals surface area contributed by atoms with Crippen LogP contribution in [0.5, 0.6) is 0 Å². The first kappa shape index (κ1) is 20.8. The smallest absolute Gasteiger partial charge is 0.266 e. The molecule has 2 aromatic carbocycles. The minimum Gasteiger partial charge on any atom is -0.347 e. The molecule has 0 amide bonds. The van der Waals surface area contributed by atoms with E-state index in [0.29, 0.717) is 33.8 Å². The van der Waals surface area contributed by atoms with Gasteiger partial charge in [0.2, 0.25) is 5.95 Å². The van der Waals surface area contributed by atoms with Gasteiger partial charge in [0.1, 0.15) is 11.7 Å². The van der Waals surface area contributed by atoms with Gasteiger partial charge in [0, 0.05) is 14.1 Å². The average molecular weight is 441 g/mol. The summed E-state index contributed by atoms with van der Waals surface area (Å²) >= 11 is 0. The van der Waals surface area contributed by atoms with Gasteiger partial charge in [0.15, 0.2) is 11.5 Å². The standard InChI is InChI=1S/C24H24N8O/c1-14-8-5-6-11-18(14)32-22(28-16-10-7-9-15(2)19(16)23(32)33)20(25)31-13-27-17-12-26-24(30(3)4)29-21(17)31/h5-13,20H,25H2,1-4H3. The first-order valence-electron chi connectivity index (χ1n) is 10.6. The predicted octanol–water partition coefficient (Wildman–Crippen LogP) is 2.71. The summed E-state index contributed by atoms with van der Waals surface area (Å²) in [5, 5.41) is 0.574. The third kappa shape index (κ3) is 3.33. The van der Waals surface area contributed by atoms with Crippen molar-refractivity contribution < 1.29 is 0 Å². The first-order chi connectivity index (χ1) is 15.9. The van der Waals surface area contributed by atoms with Gasteiger partial charge >= 0.3 is 0 Å². The number of hydrogen-bond acceptors (Lipinski definition) is 7. The van der Waals surface area contributed by atoms with Gasteiger partial charge in [-0.05, 0) is 37.1 Å². The molecule has 5 rings (SSSR count). The van der Waals surface area contributed by atoms with Gasteiger partial charge in [-0.15, -0.1) is 0 Å². The summed E-state index contributed by atoms with van der Waals surface area (Å²) in [6, 6.07) is 13.3. The number of aryl methyl sites for hydroxylation is 2. The Balaban J connectivity index is 1.82. The molecule has 5 aromatic rings. The van der Waals surface area contributed by atoms with E-state index in [4.69, 9.17) is 10.7 Å². The molecule has 0 spiro atoms. The summed E-state index contributed by atoms with van der Waals surface area (Å²) in [4.78, 5) is 33.8. The third-order valence-electron chi connectivity index (χ3n) is 5.76. The molecule has 1 atom stereocenters. The highest BCUT2D eigenvalue weighted by molar-refractivity contribution is 5.81. The van der Waals surface area contributed by atoms with Gasteiger partial charge in [-0.1, -0.05) is 30.3 Å². The van der Waals surface area contributed by atoms with Crippen LogP contribution in [0.4, 0.5) is 5.95 Å². The second-order valence-electron chi connectivity index (χ2n) is 8.24. The highest BCUT2D eigenvalue weighted by Gasteiger charge is 2.23. The van der Waals surface area contributed by atoms with Crippen molar-refractivity contribution in [1.82, 2.24) is 29.1 Å². The zero-order chi connectivity index (χ0) is 23.3. The van der Waals surface area contributed by atoms with Crippen molar-refractivity contribution in [1.29, 1.82) is 0 Å². The van der Waals surface area contributed by atoms with Gasteiger partial charge in [-0.3, -0.25) is 13.9 Å². The zero-order valence-corrected chi connectivity index (χ0v) is 18.9. The first-order valence-corrected chi connectivity index (χ1v) is 10.6. The van der Waals surface area contributed by atoms with Crippen molar-refractivity contribution in [2.75, 3.05) is 19.0 Å². The monoisotopic (exact) mass is 440 g/mol. The largest absolute Gasteiger partial charge is 0.347 e. The lowest BCUT2D eigenvalue weighted by Crippen LogP contribution is -2.32. The summed E-state index contributed by atoms with van der Waals surface area (Å²) < 4.78 is 3.33. The number of fused-ring (bicyclic) bond motifs is 2. The van der Waals surface area contributed by atoms with E-state index in [-0.39, 0.29) is 5.56 Å². The van der Waals surface area contributed by atoms with Crippen molar-refractivity contribution in [2.45, 2.75) is 20.0 Å². The Bertz CT molecular complexity index is 1570. The normalized spacial score (nSPS) is 12.4. The minimum absolute atomic E-state index is 0.161. The maximum Gasteiger partial charge on any atom is 0.266 e. The molecular formula is C24H24N8O. The van der Waals surface area contributed by atoms with Crippen molar-refractivity contribution in [3.05, 3.63) is 82.3 Å². The summed E-state index contributed by atoms with van der Waals surface area (Å²) in [6.45, 7) is 3.87. The number of anilines is 1. The summed E-state index contributed by atoms with van der Waals surface area (Å²) in [5.74, 6) is 0.937. The molecular weight excluding hydrogens is 416 g/mol. The number of para-hydroxylation sites is 1. The second kappa shape index (κ2) is 7.79. The molecule has 9 nitrogen and oxygen atoms in total. The van der Waals surface area contributed by atoms with E-state index < -0.39 is 6.17 Å². The molecule has 0 bridgehead atoms. The fourth-order valence-electron chi connectivity index (χ4n) is 4.02. The lowest BCUT2D eigenvalue weighted by molar-refractivity contribution is 0.565. The van der Waals surface area contributed by atoms with Crippen LogP contribution in [0, 0.1) is 13.8 Å². The predicted molar refractivity (Wildman–Crippen MR) is 129 cm³/mol. The highest BCUT2D eigenvalue weighted by Crippen LogP contribution is 2.24. The van der Waals surface area contributed by atoms with Crippen molar-refractivity contribution in [2.24, 2.45) is 5.73 Å². The van der Waals surface area contributed by atoms with Crippen molar-refractivity contribution in [3.8, 4) is 5.69 Å². The van der Waals surface area contributed by atoms with Gasteiger partial charge in [0.25, 0.3) is 5.56 Å². The molecule has 0 fully saturated rings. The molecule has 0 saturated carbocycles. The molecule has 9 heteroatoms. The van der Waals surface area contributed by atoms with Gasteiger partial charge < -0.3 is 10.6 Å². The fourth-order valence-corrected chi connectivity index (χ4v) is 4.02. The number of rotatable bonds is 4. The van der Waals surface area contributed by atoms with Crippen LogP contribution in [0.15, 0.2) is 59.8 Å². The van der Waals surface area contributed by atoms with Crippen LogP contribution < -0.4 is 16.2 Å². The van der Waals surface area contributed by atoms with Crippen LogP contribution in [-0.2, 0) is 0 Å². The molecule has 0 aliphatic rings. The Hall–Kier alpha value is -4.11. The number of hydrogen-bond donors (Lipinski definition) is 1. The number of nitrogens with zero attached hydrogens (tertiary/aromatic N) is 7. The molecule has 166 valence electrons. The minimum atomic E-state index is -0.808. The molecule has 0 aliphatic carbocycles. The Labute approximate surface area is 190 Å². The maximum absolute atomic E-state index is 13.8. The molecule has 1 unspecified atom stereocenters. The van der Waals surface area contributed by atoms with E-state index in [0.717, 1.165) is 16.8 Å². The van der Waals surface area contributed by atoms with Gasteiger partial charge in [-0.25, -0.2) is 15.0 Å². The number of aromatic nitrogens is 6. The summed E-state index contributed by atoms with van der Waals surface area (Å²) in [6.07, 6.45) is 2.46. The maximum atomic E-state index is 13.8. The molecule has 3 heterocycles. The third-order valence-corrected chi connectivity index (χ3v) is 5.76. The van der Waals surface area contributed by atoms with Crippen LogP contribution >= 0.6 is 0 Å². The molecule has 0 saturated heterocycles. The molecule has 3 aromatic heterocycles. The molecule has 0 radical (unpaired) electrons. The van der Waals surface area contributed by atoms with E-state index in [1.54, 1.807) is 21.7 Å². The quantitative estimate of drug-likeness (QED) is 0.458. The van der Waals surface area contributed by atoms with Crippen molar-refractivity contribution in [3.63, 3.8) is 0 Å². The Kier molecular flexibility index (Phi) is 4.90. The van der Waals surface area contributed by atoms with E-state index >= 15 is 0 Å². The number of nitrogens with two attached hydrogens (primary N) is 1. The van der Waals surface area contributed by atoms with E-state index in [9.17, 15) is 4.79 Å². The molecule has 33 heavy (non-hydrogen) atoms. The second-order valence-corrected chi connectivity index (χ2v) is 8.24. The van der Waals surface area contributed by atoms with Crippen LogP contribution in [-0.4, -0.2) is 43.2 Å². The summed E-state index contributed by atoms with van der Waals surface area (Å²) in [7, 11) is 3.73. The topological polar surface area (TPSA) is 108 Å². The van der Waals surface area contributed by atoms with Crippen LogP contribution in [0.3, 0.4) is 0 Å². The van der Waals surface area contributed by atoms with Crippen LogP contribution in [0.1, 0.15) is 23.1 Å². The molecule has 0 aliphatic heterocycles. The highest BCUT2D eigenvalue weighted by atomic mass is 16.1. The SMILES string of the molecule is Cc1ccccc1-n1c(C(N)n2cnc3cnc(N(C)C)nc32)nc2cccc(C)c2c1=O. The fraction of sp³-hybridized carbons (Fsp3) is 0.208. The lowest BCUT2D eigenvalue weighted by atomic mass is 10.1. The van der Waals surface area contributed by atoms with Gasteiger partial charge in [-0.2, -0.15) is 4.98 Å².